The quantitative estimate of drug-likeness (QED) is 0.602. The number of hydrogen-bond donors (Lipinski definition) is 1. The first kappa shape index (κ1) is 18.1. The Balaban J connectivity index is 1.68. The van der Waals surface area contributed by atoms with Crippen molar-refractivity contribution in [2.45, 2.75) is 18.9 Å². The molecule has 2 N–H and O–H groups in total. The molecule has 0 bridgehead atoms. The predicted molar refractivity (Wildman–Crippen MR) is 117 cm³/mol. The van der Waals surface area contributed by atoms with Gasteiger partial charge >= 0.3 is 0 Å². The fourth-order valence-corrected chi connectivity index (χ4v) is 5.82. The van der Waals surface area contributed by atoms with E-state index in [1.54, 1.807) is 6.07 Å². The maximum Gasteiger partial charge on any atom is 0.172 e. The molecule has 5 rings (SSSR count). The number of carbonyl (C=O) groups excluding carboxylic acids is 1. The van der Waals surface area contributed by atoms with Gasteiger partial charge < -0.3 is 5.73 Å². The van der Waals surface area contributed by atoms with Gasteiger partial charge in [0.15, 0.2) is 5.78 Å². The molecule has 2 unspecified atom stereocenters. The van der Waals surface area contributed by atoms with Crippen LogP contribution in [0, 0.1) is 5.92 Å². The smallest absolute Gasteiger partial charge is 0.172 e. The summed E-state index contributed by atoms with van der Waals surface area (Å²) in [6.07, 6.45) is 5.78. The molecule has 2 atom stereocenters. The van der Waals surface area contributed by atoms with Crippen LogP contribution < -0.4 is 16.2 Å². The number of Topliss-reactive ketones (excluding diaryl/α,β-unsaturated/α-hetero) is 1. The second-order valence-corrected chi connectivity index (χ2v) is 9.60. The summed E-state index contributed by atoms with van der Waals surface area (Å²) >= 11 is 13.5. The number of rotatable bonds is 2. The lowest BCUT2D eigenvalue weighted by Crippen LogP contribution is -2.40. The monoisotopic (exact) mass is 425 g/mol. The van der Waals surface area contributed by atoms with E-state index < -0.39 is 0 Å². The van der Waals surface area contributed by atoms with Gasteiger partial charge in [-0.1, -0.05) is 71.8 Å². The second kappa shape index (κ2) is 6.85. The van der Waals surface area contributed by atoms with E-state index in [2.05, 4.69) is 48.6 Å². The largest absolute Gasteiger partial charge is 0.324 e. The van der Waals surface area contributed by atoms with E-state index in [4.69, 9.17) is 28.9 Å². The molecular weight excluding hydrogens is 409 g/mol. The van der Waals surface area contributed by atoms with Crippen LogP contribution >= 0.6 is 34.5 Å². The lowest BCUT2D eigenvalue weighted by molar-refractivity contribution is 0.0943. The summed E-state index contributed by atoms with van der Waals surface area (Å²) in [4.78, 5) is 13.1. The molecule has 0 aliphatic heterocycles. The highest BCUT2D eigenvalue weighted by atomic mass is 35.5. The van der Waals surface area contributed by atoms with E-state index in [1.165, 1.54) is 33.2 Å². The van der Waals surface area contributed by atoms with E-state index in [0.29, 0.717) is 20.7 Å². The predicted octanol–water partition coefficient (Wildman–Crippen LogP) is 4.74. The number of ketones is 1. The Bertz CT molecular complexity index is 1240. The van der Waals surface area contributed by atoms with Gasteiger partial charge in [-0.3, -0.25) is 4.79 Å². The van der Waals surface area contributed by atoms with Crippen LogP contribution in [0.2, 0.25) is 8.67 Å². The SMILES string of the molecule is NC1CC(C(=O)c2cc(Cl)sc2Cl)C=c2c1ccc1c2=CCc2ccccc2-1. The molecular formula is C23H17Cl2NOS. The zero-order chi connectivity index (χ0) is 19.4. The van der Waals surface area contributed by atoms with Crippen molar-refractivity contribution in [2.24, 2.45) is 11.7 Å². The summed E-state index contributed by atoms with van der Waals surface area (Å²) in [5.41, 5.74) is 11.9. The third-order valence-electron chi connectivity index (χ3n) is 5.69. The molecule has 1 aromatic heterocycles. The maximum atomic E-state index is 13.1. The van der Waals surface area contributed by atoms with E-state index in [9.17, 15) is 4.79 Å². The molecule has 2 aliphatic carbocycles. The summed E-state index contributed by atoms with van der Waals surface area (Å²) in [5, 5.41) is 2.26. The van der Waals surface area contributed by atoms with Gasteiger partial charge in [-0.05, 0) is 51.6 Å². The Hall–Kier alpha value is -1.91. The number of nitrogens with two attached hydrogens (primary N) is 1. The summed E-state index contributed by atoms with van der Waals surface area (Å²) in [6.45, 7) is 0. The van der Waals surface area contributed by atoms with Gasteiger partial charge in [0.25, 0.3) is 0 Å². The van der Waals surface area contributed by atoms with E-state index >= 15 is 0 Å². The average Bonchev–Trinajstić information content (AvgIpc) is 3.04. The van der Waals surface area contributed by atoms with Crippen molar-refractivity contribution in [3.8, 4) is 11.1 Å². The van der Waals surface area contributed by atoms with Crippen LogP contribution in [0.1, 0.15) is 33.9 Å². The second-order valence-electron chi connectivity index (χ2n) is 7.31. The molecule has 0 fully saturated rings. The third-order valence-corrected chi connectivity index (χ3v) is 7.18. The third kappa shape index (κ3) is 2.85. The molecule has 2 aromatic carbocycles. The number of hydrogen-bond acceptors (Lipinski definition) is 3. The van der Waals surface area contributed by atoms with E-state index in [1.807, 2.05) is 0 Å². The van der Waals surface area contributed by atoms with Crippen molar-refractivity contribution >= 4 is 52.5 Å². The maximum absolute atomic E-state index is 13.1. The lowest BCUT2D eigenvalue weighted by atomic mass is 9.80. The Morgan fingerprint density at radius 1 is 1.07 bits per heavy atom. The highest BCUT2D eigenvalue weighted by Crippen LogP contribution is 2.35. The Morgan fingerprint density at radius 2 is 1.89 bits per heavy atom. The molecule has 0 radical (unpaired) electrons. The number of thiophene rings is 1. The minimum atomic E-state index is -0.303. The first-order valence-corrected chi connectivity index (χ1v) is 10.8. The van der Waals surface area contributed by atoms with E-state index in [0.717, 1.165) is 17.2 Å². The number of benzene rings is 2. The van der Waals surface area contributed by atoms with Gasteiger partial charge in [0, 0.05) is 17.5 Å². The Morgan fingerprint density at radius 3 is 2.68 bits per heavy atom. The first-order valence-electron chi connectivity index (χ1n) is 9.21. The summed E-state index contributed by atoms with van der Waals surface area (Å²) in [6, 6.07) is 14.2. The van der Waals surface area contributed by atoms with Crippen molar-refractivity contribution in [1.82, 2.24) is 0 Å². The highest BCUT2D eigenvalue weighted by Gasteiger charge is 2.29. The molecule has 0 spiro atoms. The fourth-order valence-electron chi connectivity index (χ4n) is 4.35. The van der Waals surface area contributed by atoms with Gasteiger partial charge in [0.1, 0.15) is 4.34 Å². The molecule has 2 nitrogen and oxygen atoms in total. The zero-order valence-corrected chi connectivity index (χ0v) is 17.2. The molecule has 2 aliphatic rings. The molecule has 0 saturated heterocycles. The highest BCUT2D eigenvalue weighted by molar-refractivity contribution is 7.20. The summed E-state index contributed by atoms with van der Waals surface area (Å²) in [7, 11) is 0. The Kier molecular flexibility index (Phi) is 4.44. The average molecular weight is 426 g/mol. The number of fused-ring (bicyclic) bond motifs is 5. The molecule has 5 heteroatoms. The molecule has 1 heterocycles. The van der Waals surface area contributed by atoms with Crippen molar-refractivity contribution in [3.05, 3.63) is 78.3 Å². The molecule has 3 aromatic rings. The molecule has 0 saturated carbocycles. The molecule has 0 amide bonds. The molecule has 28 heavy (non-hydrogen) atoms. The minimum Gasteiger partial charge on any atom is -0.324 e. The van der Waals surface area contributed by atoms with Crippen molar-refractivity contribution in [2.75, 3.05) is 0 Å². The van der Waals surface area contributed by atoms with Crippen LogP contribution in [0.25, 0.3) is 23.3 Å². The topological polar surface area (TPSA) is 43.1 Å². The summed E-state index contributed by atoms with van der Waals surface area (Å²) in [5.74, 6) is -0.314. The van der Waals surface area contributed by atoms with Crippen molar-refractivity contribution < 1.29 is 4.79 Å². The summed E-state index contributed by atoms with van der Waals surface area (Å²) < 4.78 is 0.967. The van der Waals surface area contributed by atoms with Gasteiger partial charge in [0.2, 0.25) is 0 Å². The van der Waals surface area contributed by atoms with Crippen molar-refractivity contribution in [3.63, 3.8) is 0 Å². The standard InChI is InChI=1S/C23H17Cl2NOS/c24-21-11-19(23(25)28-21)22(27)13-9-18-16-6-5-12-3-1-2-4-14(12)15(16)7-8-17(18)20(26)10-13/h1-4,6-9,11,13,20H,5,10,26H2. The van der Waals surface area contributed by atoms with Crippen LogP contribution in [0.4, 0.5) is 0 Å². The van der Waals surface area contributed by atoms with Gasteiger partial charge in [0.05, 0.1) is 4.34 Å². The van der Waals surface area contributed by atoms with Crippen LogP contribution in [0.15, 0.2) is 42.5 Å². The normalized spacial score (nSPS) is 19.7. The van der Waals surface area contributed by atoms with Gasteiger partial charge in [-0.2, -0.15) is 0 Å². The van der Waals surface area contributed by atoms with Gasteiger partial charge in [-0.25, -0.2) is 0 Å². The Labute approximate surface area is 176 Å². The molecule has 140 valence electrons. The van der Waals surface area contributed by atoms with Gasteiger partial charge in [-0.15, -0.1) is 11.3 Å². The first-order chi connectivity index (χ1) is 13.5. The van der Waals surface area contributed by atoms with Crippen LogP contribution in [-0.2, 0) is 6.42 Å². The van der Waals surface area contributed by atoms with Crippen molar-refractivity contribution in [1.29, 1.82) is 0 Å². The number of halogens is 2. The number of carbonyl (C=O) groups is 1. The lowest BCUT2D eigenvalue weighted by Gasteiger charge is -2.25. The zero-order valence-electron chi connectivity index (χ0n) is 14.9. The van der Waals surface area contributed by atoms with E-state index in [-0.39, 0.29) is 17.7 Å². The minimum absolute atomic E-state index is 0.0111. The van der Waals surface area contributed by atoms with Crippen LogP contribution in [0.3, 0.4) is 0 Å². The van der Waals surface area contributed by atoms with Crippen LogP contribution in [0.5, 0.6) is 0 Å². The fraction of sp³-hybridized carbons (Fsp3) is 0.174. The van der Waals surface area contributed by atoms with Crippen LogP contribution in [-0.4, -0.2) is 5.78 Å².